The molecule has 1 aliphatic rings. The number of hydrogen-bond donors (Lipinski definition) is 0. The summed E-state index contributed by atoms with van der Waals surface area (Å²) in [5.41, 5.74) is 21.7. The summed E-state index contributed by atoms with van der Waals surface area (Å²) in [6.45, 7) is 0. The lowest BCUT2D eigenvalue weighted by Gasteiger charge is -2.34. The third kappa shape index (κ3) is 6.80. The van der Waals surface area contributed by atoms with Gasteiger partial charge in [0.2, 0.25) is 0 Å². The molecule has 0 saturated carbocycles. The van der Waals surface area contributed by atoms with Crippen molar-refractivity contribution in [2.45, 2.75) is 5.41 Å². The number of para-hydroxylation sites is 1. The molecule has 0 radical (unpaired) electrons. The molecule has 2 heteroatoms. The highest BCUT2D eigenvalue weighted by molar-refractivity contribution is 6.06. The van der Waals surface area contributed by atoms with E-state index in [4.69, 9.17) is 4.42 Å². The summed E-state index contributed by atoms with van der Waals surface area (Å²) in [7, 11) is 0. The number of hydrogen-bond acceptors (Lipinski definition) is 2. The van der Waals surface area contributed by atoms with Crippen LogP contribution in [0.1, 0.15) is 22.3 Å². The molecule has 0 bridgehead atoms. The number of fused-ring (bicyclic) bond motifs is 6. The Hall–Kier alpha value is -8.98. The second-order valence-electron chi connectivity index (χ2n) is 18.0. The molecule has 0 N–H and O–H groups in total. The fraction of sp³-hybridized carbons (Fsp3) is 0.0149. The molecule has 1 heterocycles. The molecule has 1 aliphatic carbocycles. The summed E-state index contributed by atoms with van der Waals surface area (Å²) >= 11 is 0. The van der Waals surface area contributed by atoms with Crippen molar-refractivity contribution in [1.82, 2.24) is 0 Å². The maximum atomic E-state index is 6.29. The maximum Gasteiger partial charge on any atom is 0.136 e. The van der Waals surface area contributed by atoms with Crippen molar-refractivity contribution in [2.24, 2.45) is 0 Å². The highest BCUT2D eigenvalue weighted by Crippen LogP contribution is 2.58. The van der Waals surface area contributed by atoms with Crippen LogP contribution in [0, 0.1) is 0 Å². The van der Waals surface area contributed by atoms with E-state index in [-0.39, 0.29) is 0 Å². The number of furan rings is 1. The molecule has 11 aromatic carbocycles. The summed E-state index contributed by atoms with van der Waals surface area (Å²) < 4.78 is 6.29. The smallest absolute Gasteiger partial charge is 0.136 e. The van der Waals surface area contributed by atoms with Crippen LogP contribution in [-0.2, 0) is 5.41 Å². The summed E-state index contributed by atoms with van der Waals surface area (Å²) in [5, 5.41) is 2.27. The fourth-order valence-electron chi connectivity index (χ4n) is 11.0. The zero-order chi connectivity index (χ0) is 45.7. The average Bonchev–Trinajstić information content (AvgIpc) is 3.96. The van der Waals surface area contributed by atoms with Gasteiger partial charge in [-0.2, -0.15) is 0 Å². The van der Waals surface area contributed by atoms with E-state index in [1.165, 1.54) is 66.8 Å². The first-order chi connectivity index (χ1) is 34.2. The van der Waals surface area contributed by atoms with E-state index in [1.54, 1.807) is 0 Å². The van der Waals surface area contributed by atoms with Crippen molar-refractivity contribution >= 4 is 39.0 Å². The second kappa shape index (κ2) is 16.7. The fourth-order valence-corrected chi connectivity index (χ4v) is 11.0. The molecule has 0 saturated heterocycles. The zero-order valence-electron chi connectivity index (χ0n) is 37.8. The SMILES string of the molecule is c1ccc(-c2ccc(-c3ccc(N(c4ccc(-c5ccc6c(c5)oc5ccccc56)cc4)c4ccc(-c5cccc6c5-c5ccccc5C6(c5ccccc5)c5ccccc5)cc4)cc3)cc2)cc1. The Balaban J connectivity index is 0.895. The van der Waals surface area contributed by atoms with Crippen molar-refractivity contribution in [2.75, 3.05) is 4.90 Å². The van der Waals surface area contributed by atoms with Crippen LogP contribution in [0.4, 0.5) is 17.1 Å². The minimum atomic E-state index is -0.457. The third-order valence-corrected chi connectivity index (χ3v) is 14.2. The minimum Gasteiger partial charge on any atom is -0.456 e. The number of rotatable bonds is 9. The lowest BCUT2D eigenvalue weighted by molar-refractivity contribution is 0.669. The molecule has 0 spiro atoms. The minimum absolute atomic E-state index is 0.457. The Morgan fingerprint density at radius 2 is 0.696 bits per heavy atom. The molecule has 69 heavy (non-hydrogen) atoms. The first-order valence-corrected chi connectivity index (χ1v) is 23.7. The van der Waals surface area contributed by atoms with E-state index in [0.717, 1.165) is 50.1 Å². The highest BCUT2D eigenvalue weighted by atomic mass is 16.3. The van der Waals surface area contributed by atoms with Gasteiger partial charge in [0.05, 0.1) is 5.41 Å². The Bertz CT molecular complexity index is 3740. The molecule has 1 aromatic heterocycles. The molecule has 0 atom stereocenters. The topological polar surface area (TPSA) is 16.4 Å². The van der Waals surface area contributed by atoms with Crippen LogP contribution in [0.15, 0.2) is 277 Å². The average molecular weight is 880 g/mol. The third-order valence-electron chi connectivity index (χ3n) is 14.2. The number of benzene rings is 11. The molecule has 0 unspecified atom stereocenters. The van der Waals surface area contributed by atoms with E-state index >= 15 is 0 Å². The van der Waals surface area contributed by atoms with Crippen molar-refractivity contribution in [3.05, 3.63) is 295 Å². The van der Waals surface area contributed by atoms with Crippen molar-refractivity contribution in [3.63, 3.8) is 0 Å². The van der Waals surface area contributed by atoms with Gasteiger partial charge in [-0.3, -0.25) is 0 Å². The van der Waals surface area contributed by atoms with Gasteiger partial charge in [-0.05, 0) is 132 Å². The molecule has 0 amide bonds. The van der Waals surface area contributed by atoms with Gasteiger partial charge in [-0.15, -0.1) is 0 Å². The first-order valence-electron chi connectivity index (χ1n) is 23.7. The van der Waals surface area contributed by atoms with Gasteiger partial charge < -0.3 is 9.32 Å². The lowest BCUT2D eigenvalue weighted by atomic mass is 9.67. The van der Waals surface area contributed by atoms with E-state index in [1.807, 2.05) is 12.1 Å². The van der Waals surface area contributed by atoms with Gasteiger partial charge in [0, 0.05) is 27.8 Å². The quantitative estimate of drug-likeness (QED) is 0.144. The summed E-state index contributed by atoms with van der Waals surface area (Å²) in [4.78, 5) is 2.36. The van der Waals surface area contributed by atoms with E-state index < -0.39 is 5.41 Å². The molecule has 0 fully saturated rings. The van der Waals surface area contributed by atoms with Gasteiger partial charge in [-0.1, -0.05) is 218 Å². The van der Waals surface area contributed by atoms with Crippen LogP contribution in [0.5, 0.6) is 0 Å². The standard InChI is InChI=1S/C67H45NO/c1-4-15-46(16-5-1)47-27-29-48(30-28-47)49-31-38-55(39-32-49)68(56-40-33-50(34-41-56)52-37-44-60-59-21-11-13-26-64(59)69-65(60)45-52)57-42-35-51(36-43-57)58-23-14-25-63-66(58)61-22-10-12-24-62(61)67(63,53-17-6-2-7-18-53)54-19-8-3-9-20-54/h1-45H. The summed E-state index contributed by atoms with van der Waals surface area (Å²) in [6, 6.07) is 99.1. The van der Waals surface area contributed by atoms with Gasteiger partial charge in [-0.25, -0.2) is 0 Å². The predicted octanol–water partition coefficient (Wildman–Crippen LogP) is 18.1. The molecule has 12 aromatic rings. The van der Waals surface area contributed by atoms with Crippen LogP contribution in [-0.4, -0.2) is 0 Å². The Kier molecular flexibility index (Phi) is 9.77. The normalized spacial score (nSPS) is 12.5. The Labute approximate surface area is 402 Å². The zero-order valence-corrected chi connectivity index (χ0v) is 37.8. The largest absolute Gasteiger partial charge is 0.456 e. The van der Waals surface area contributed by atoms with Crippen LogP contribution >= 0.6 is 0 Å². The van der Waals surface area contributed by atoms with Crippen molar-refractivity contribution in [1.29, 1.82) is 0 Å². The Morgan fingerprint density at radius 3 is 1.30 bits per heavy atom. The molecular formula is C67H45NO. The van der Waals surface area contributed by atoms with E-state index in [9.17, 15) is 0 Å². The van der Waals surface area contributed by atoms with Gasteiger partial charge in [0.25, 0.3) is 0 Å². The molecule has 324 valence electrons. The molecule has 0 aliphatic heterocycles. The van der Waals surface area contributed by atoms with E-state index in [0.29, 0.717) is 0 Å². The van der Waals surface area contributed by atoms with Crippen LogP contribution in [0.25, 0.3) is 77.6 Å². The summed E-state index contributed by atoms with van der Waals surface area (Å²) in [6.07, 6.45) is 0. The summed E-state index contributed by atoms with van der Waals surface area (Å²) in [5.74, 6) is 0. The van der Waals surface area contributed by atoms with Gasteiger partial charge >= 0.3 is 0 Å². The lowest BCUT2D eigenvalue weighted by Crippen LogP contribution is -2.28. The van der Waals surface area contributed by atoms with Crippen LogP contribution < -0.4 is 4.90 Å². The van der Waals surface area contributed by atoms with Gasteiger partial charge in [0.1, 0.15) is 11.2 Å². The van der Waals surface area contributed by atoms with Crippen molar-refractivity contribution in [3.8, 4) is 55.6 Å². The Morgan fingerprint density at radius 1 is 0.275 bits per heavy atom. The molecular weight excluding hydrogens is 835 g/mol. The van der Waals surface area contributed by atoms with Gasteiger partial charge in [0.15, 0.2) is 0 Å². The van der Waals surface area contributed by atoms with Crippen LogP contribution in [0.2, 0.25) is 0 Å². The van der Waals surface area contributed by atoms with Crippen LogP contribution in [0.3, 0.4) is 0 Å². The maximum absolute atomic E-state index is 6.29. The second-order valence-corrected chi connectivity index (χ2v) is 18.0. The van der Waals surface area contributed by atoms with E-state index in [2.05, 4.69) is 266 Å². The molecule has 2 nitrogen and oxygen atoms in total. The monoisotopic (exact) mass is 879 g/mol. The predicted molar refractivity (Wildman–Crippen MR) is 287 cm³/mol. The van der Waals surface area contributed by atoms with Crippen molar-refractivity contribution < 1.29 is 4.42 Å². The molecule has 13 rings (SSSR count). The first kappa shape index (κ1) is 40.3. The highest BCUT2D eigenvalue weighted by Gasteiger charge is 2.46. The number of anilines is 3. The number of nitrogens with zero attached hydrogens (tertiary/aromatic N) is 1.